The number of ether oxygens (including phenoxy) is 1. The van der Waals surface area contributed by atoms with Crippen LogP contribution in [-0.4, -0.2) is 25.2 Å². The molecule has 1 N–H and O–H groups in total. The molecule has 4 heteroatoms. The summed E-state index contributed by atoms with van der Waals surface area (Å²) in [6.07, 6.45) is 1.73. The van der Waals surface area contributed by atoms with Crippen LogP contribution in [0.25, 0.3) is 6.08 Å². The Morgan fingerprint density at radius 2 is 1.83 bits per heavy atom. The number of carboxylic acids is 1. The fourth-order valence-corrected chi connectivity index (χ4v) is 2.67. The summed E-state index contributed by atoms with van der Waals surface area (Å²) < 4.78 is 6.09. The zero-order valence-corrected chi connectivity index (χ0v) is 13.2. The fourth-order valence-electron chi connectivity index (χ4n) is 2.67. The molecule has 0 amide bonds. The molecule has 2 aromatic rings. The van der Waals surface area contributed by atoms with Gasteiger partial charge in [0, 0.05) is 37.3 Å². The summed E-state index contributed by atoms with van der Waals surface area (Å²) in [6.45, 7) is 0. The number of benzene rings is 2. The van der Waals surface area contributed by atoms with Gasteiger partial charge >= 0.3 is 5.97 Å². The number of carbonyl (C=O) groups is 1. The van der Waals surface area contributed by atoms with Crippen molar-refractivity contribution in [3.8, 4) is 5.75 Å². The number of hydrogen-bond acceptors (Lipinski definition) is 3. The molecule has 1 aliphatic rings. The monoisotopic (exact) mass is 309 g/mol. The average molecular weight is 309 g/mol. The summed E-state index contributed by atoms with van der Waals surface area (Å²) in [7, 11) is 3.97. The molecule has 1 heterocycles. The summed E-state index contributed by atoms with van der Waals surface area (Å²) >= 11 is 0. The van der Waals surface area contributed by atoms with E-state index in [-0.39, 0.29) is 6.10 Å². The molecule has 0 spiro atoms. The van der Waals surface area contributed by atoms with Crippen molar-refractivity contribution in [3.63, 3.8) is 0 Å². The number of rotatable bonds is 3. The maximum absolute atomic E-state index is 11.5. The van der Waals surface area contributed by atoms with Gasteiger partial charge in [-0.1, -0.05) is 30.3 Å². The van der Waals surface area contributed by atoms with Gasteiger partial charge in [0.15, 0.2) is 0 Å². The molecule has 0 aliphatic carbocycles. The van der Waals surface area contributed by atoms with E-state index in [9.17, 15) is 9.90 Å². The van der Waals surface area contributed by atoms with Crippen molar-refractivity contribution in [3.05, 3.63) is 65.2 Å². The molecule has 0 radical (unpaired) electrons. The minimum atomic E-state index is -0.903. The van der Waals surface area contributed by atoms with Gasteiger partial charge in [0.2, 0.25) is 0 Å². The van der Waals surface area contributed by atoms with Crippen molar-refractivity contribution in [2.24, 2.45) is 0 Å². The molecular formula is C19H19NO3. The van der Waals surface area contributed by atoms with E-state index in [1.54, 1.807) is 6.08 Å². The minimum Gasteiger partial charge on any atom is -0.485 e. The third-order valence-electron chi connectivity index (χ3n) is 3.98. The number of hydrogen-bond donors (Lipinski definition) is 1. The lowest BCUT2D eigenvalue weighted by atomic mass is 10.0. The van der Waals surface area contributed by atoms with Crippen molar-refractivity contribution in [2.75, 3.05) is 19.0 Å². The zero-order valence-electron chi connectivity index (χ0n) is 13.2. The molecule has 1 aliphatic heterocycles. The quantitative estimate of drug-likeness (QED) is 0.938. The predicted octanol–water partition coefficient (Wildman–Crippen LogP) is 3.74. The largest absolute Gasteiger partial charge is 0.485 e. The van der Waals surface area contributed by atoms with Crippen LogP contribution in [0, 0.1) is 0 Å². The van der Waals surface area contributed by atoms with Crippen molar-refractivity contribution in [1.82, 2.24) is 0 Å². The second-order valence-electron chi connectivity index (χ2n) is 5.81. The molecule has 1 unspecified atom stereocenters. The molecule has 0 bridgehead atoms. The van der Waals surface area contributed by atoms with Gasteiger partial charge < -0.3 is 14.7 Å². The smallest absolute Gasteiger partial charge is 0.331 e. The Bertz CT molecular complexity index is 747. The van der Waals surface area contributed by atoms with Crippen LogP contribution in [-0.2, 0) is 4.79 Å². The van der Waals surface area contributed by atoms with E-state index in [2.05, 4.69) is 0 Å². The van der Waals surface area contributed by atoms with Gasteiger partial charge in [-0.3, -0.25) is 0 Å². The van der Waals surface area contributed by atoms with Crippen molar-refractivity contribution in [1.29, 1.82) is 0 Å². The SMILES string of the molecule is CN(C)c1ccc(C2CC(C(=O)O)=Cc3ccccc3O2)cc1. The first kappa shape index (κ1) is 15.2. The number of nitrogens with zero attached hydrogens (tertiary/aromatic N) is 1. The first-order valence-corrected chi connectivity index (χ1v) is 7.51. The van der Waals surface area contributed by atoms with Crippen LogP contribution in [0.5, 0.6) is 5.75 Å². The first-order valence-electron chi connectivity index (χ1n) is 7.51. The van der Waals surface area contributed by atoms with Gasteiger partial charge in [-0.25, -0.2) is 4.79 Å². The summed E-state index contributed by atoms with van der Waals surface area (Å²) in [5.74, 6) is -0.189. The molecule has 23 heavy (non-hydrogen) atoms. The summed E-state index contributed by atoms with van der Waals surface area (Å²) in [4.78, 5) is 13.5. The van der Waals surface area contributed by atoms with Crippen LogP contribution in [0.3, 0.4) is 0 Å². The Morgan fingerprint density at radius 3 is 2.48 bits per heavy atom. The molecule has 3 rings (SSSR count). The number of para-hydroxylation sites is 1. The summed E-state index contributed by atoms with van der Waals surface area (Å²) in [6, 6.07) is 15.5. The zero-order chi connectivity index (χ0) is 16.4. The molecule has 0 saturated heterocycles. The standard InChI is InChI=1S/C19H19NO3/c1-20(2)16-9-7-13(8-10-16)18-12-15(19(21)22)11-14-5-3-4-6-17(14)23-18/h3-11,18H,12H2,1-2H3,(H,21,22). The van der Waals surface area contributed by atoms with Gasteiger partial charge in [0.25, 0.3) is 0 Å². The molecule has 1 atom stereocenters. The second-order valence-corrected chi connectivity index (χ2v) is 5.81. The lowest BCUT2D eigenvalue weighted by Gasteiger charge is -2.20. The fraction of sp³-hybridized carbons (Fsp3) is 0.211. The van der Waals surface area contributed by atoms with E-state index in [0.717, 1.165) is 16.8 Å². The Morgan fingerprint density at radius 1 is 1.13 bits per heavy atom. The molecule has 0 saturated carbocycles. The molecular weight excluding hydrogens is 290 g/mol. The Balaban J connectivity index is 1.97. The minimum absolute atomic E-state index is 0.308. The Hall–Kier alpha value is -2.75. The van der Waals surface area contributed by atoms with Crippen LogP contribution in [0.15, 0.2) is 54.1 Å². The van der Waals surface area contributed by atoms with Gasteiger partial charge in [0.05, 0.1) is 0 Å². The van der Waals surface area contributed by atoms with Crippen LogP contribution in [0.4, 0.5) is 5.69 Å². The van der Waals surface area contributed by atoms with Gasteiger partial charge in [-0.2, -0.15) is 0 Å². The Kier molecular flexibility index (Phi) is 4.06. The lowest BCUT2D eigenvalue weighted by molar-refractivity contribution is -0.132. The highest BCUT2D eigenvalue weighted by Crippen LogP contribution is 2.35. The lowest BCUT2D eigenvalue weighted by Crippen LogP contribution is -2.12. The van der Waals surface area contributed by atoms with E-state index >= 15 is 0 Å². The van der Waals surface area contributed by atoms with Crippen molar-refractivity contribution < 1.29 is 14.6 Å². The van der Waals surface area contributed by atoms with E-state index in [0.29, 0.717) is 17.7 Å². The Labute approximate surface area is 135 Å². The molecule has 0 fully saturated rings. The van der Waals surface area contributed by atoms with Gasteiger partial charge in [0.1, 0.15) is 11.9 Å². The number of aliphatic carboxylic acids is 1. The molecule has 4 nitrogen and oxygen atoms in total. The predicted molar refractivity (Wildman–Crippen MR) is 90.8 cm³/mol. The first-order chi connectivity index (χ1) is 11.0. The second kappa shape index (κ2) is 6.16. The highest BCUT2D eigenvalue weighted by atomic mass is 16.5. The highest BCUT2D eigenvalue weighted by Gasteiger charge is 2.23. The number of anilines is 1. The summed E-state index contributed by atoms with van der Waals surface area (Å²) in [5.41, 5.74) is 3.23. The average Bonchev–Trinajstić information content (AvgIpc) is 2.74. The van der Waals surface area contributed by atoms with Crippen LogP contribution >= 0.6 is 0 Å². The number of fused-ring (bicyclic) bond motifs is 1. The molecule has 2 aromatic carbocycles. The summed E-state index contributed by atoms with van der Waals surface area (Å²) in [5, 5.41) is 9.44. The third kappa shape index (κ3) is 3.21. The van der Waals surface area contributed by atoms with Crippen molar-refractivity contribution >= 4 is 17.7 Å². The van der Waals surface area contributed by atoms with Crippen molar-refractivity contribution in [2.45, 2.75) is 12.5 Å². The third-order valence-corrected chi connectivity index (χ3v) is 3.98. The van der Waals surface area contributed by atoms with E-state index < -0.39 is 5.97 Å². The van der Waals surface area contributed by atoms with E-state index in [4.69, 9.17) is 4.74 Å². The van der Waals surface area contributed by atoms with Crippen LogP contribution in [0.2, 0.25) is 0 Å². The van der Waals surface area contributed by atoms with Gasteiger partial charge in [-0.15, -0.1) is 0 Å². The van der Waals surface area contributed by atoms with E-state index in [1.807, 2.05) is 67.5 Å². The van der Waals surface area contributed by atoms with Crippen LogP contribution in [0.1, 0.15) is 23.7 Å². The van der Waals surface area contributed by atoms with Crippen LogP contribution < -0.4 is 9.64 Å². The maximum Gasteiger partial charge on any atom is 0.331 e. The normalized spacial score (nSPS) is 16.6. The topological polar surface area (TPSA) is 49.8 Å². The number of carboxylic acid groups (broad SMARTS) is 1. The van der Waals surface area contributed by atoms with E-state index in [1.165, 1.54) is 0 Å². The highest BCUT2D eigenvalue weighted by molar-refractivity contribution is 5.93. The molecule has 118 valence electrons. The molecule has 0 aromatic heterocycles. The van der Waals surface area contributed by atoms with Gasteiger partial charge in [-0.05, 0) is 29.8 Å². The maximum atomic E-state index is 11.5.